The van der Waals surface area contributed by atoms with E-state index < -0.39 is 6.04 Å². The first-order chi connectivity index (χ1) is 19.9. The van der Waals surface area contributed by atoms with Gasteiger partial charge in [-0.25, -0.2) is 0 Å². The Hall–Kier alpha value is -4.59. The smallest absolute Gasteiger partial charge is 0.248 e. The summed E-state index contributed by atoms with van der Waals surface area (Å²) in [6.45, 7) is 1.44. The summed E-state index contributed by atoms with van der Waals surface area (Å²) >= 11 is 0. The van der Waals surface area contributed by atoms with Crippen molar-refractivity contribution in [1.82, 2.24) is 10.3 Å². The molecule has 1 heterocycles. The average Bonchev–Trinajstić information content (AvgIpc) is 3.39. The molecular weight excluding hydrogens is 516 g/mol. The molecule has 1 unspecified atom stereocenters. The van der Waals surface area contributed by atoms with E-state index in [1.54, 1.807) is 48.4 Å². The number of hydrogen-bond acceptors (Lipinski definition) is 4. The van der Waals surface area contributed by atoms with Gasteiger partial charge in [-0.15, -0.1) is 0 Å². The zero-order valence-electron chi connectivity index (χ0n) is 23.5. The van der Waals surface area contributed by atoms with E-state index in [1.807, 2.05) is 42.6 Å². The minimum Gasteiger partial charge on any atom is -0.497 e. The number of amides is 3. The summed E-state index contributed by atoms with van der Waals surface area (Å²) in [5.74, 6) is 0.0337. The quantitative estimate of drug-likeness (QED) is 0.240. The molecule has 4 aromatic rings. The summed E-state index contributed by atoms with van der Waals surface area (Å²) in [5, 5.41) is 6.98. The summed E-state index contributed by atoms with van der Waals surface area (Å²) in [6, 6.07) is 21.3. The Morgan fingerprint density at radius 3 is 2.34 bits per heavy atom. The van der Waals surface area contributed by atoms with Crippen LogP contribution in [0.5, 0.6) is 5.75 Å². The van der Waals surface area contributed by atoms with E-state index in [9.17, 15) is 14.4 Å². The van der Waals surface area contributed by atoms with Crippen molar-refractivity contribution >= 4 is 40.0 Å². The van der Waals surface area contributed by atoms with Crippen LogP contribution in [0.4, 0.5) is 11.4 Å². The normalized spacial score (nSPS) is 14.3. The highest BCUT2D eigenvalue weighted by atomic mass is 16.5. The molecule has 5 rings (SSSR count). The Labute approximate surface area is 240 Å². The Morgan fingerprint density at radius 2 is 1.66 bits per heavy atom. The molecule has 1 fully saturated rings. The number of fused-ring (bicyclic) bond motifs is 1. The third-order valence-electron chi connectivity index (χ3n) is 7.64. The van der Waals surface area contributed by atoms with Gasteiger partial charge in [0, 0.05) is 41.4 Å². The molecule has 1 saturated carbocycles. The van der Waals surface area contributed by atoms with Gasteiger partial charge in [0.1, 0.15) is 11.8 Å². The SMILES string of the molecule is COc1ccc(C(C(=O)NC2CCCCC2)N(C(=O)Cc2c[nH]c3ccccc23)c2ccc(NC(C)=O)cc2)cc1. The van der Waals surface area contributed by atoms with Gasteiger partial charge in [-0.05, 0) is 66.4 Å². The number of hydrogen-bond donors (Lipinski definition) is 3. The van der Waals surface area contributed by atoms with Crippen LogP contribution in [0.3, 0.4) is 0 Å². The predicted molar refractivity (Wildman–Crippen MR) is 161 cm³/mol. The van der Waals surface area contributed by atoms with Crippen LogP contribution in [-0.4, -0.2) is 35.9 Å². The lowest BCUT2D eigenvalue weighted by molar-refractivity contribution is -0.127. The molecule has 0 bridgehead atoms. The summed E-state index contributed by atoms with van der Waals surface area (Å²) in [7, 11) is 1.59. The number of aromatic amines is 1. The molecule has 0 radical (unpaired) electrons. The Bertz CT molecular complexity index is 1500. The number of carbonyl (C=O) groups excluding carboxylic acids is 3. The lowest BCUT2D eigenvalue weighted by Crippen LogP contribution is -2.47. The number of carbonyl (C=O) groups is 3. The Kier molecular flexibility index (Phi) is 8.67. The topological polar surface area (TPSA) is 104 Å². The highest BCUT2D eigenvalue weighted by Gasteiger charge is 2.34. The van der Waals surface area contributed by atoms with Crippen LogP contribution in [0.15, 0.2) is 79.0 Å². The molecule has 8 heteroatoms. The molecule has 3 N–H and O–H groups in total. The van der Waals surface area contributed by atoms with Gasteiger partial charge >= 0.3 is 0 Å². The molecule has 0 aliphatic heterocycles. The molecule has 212 valence electrons. The zero-order valence-corrected chi connectivity index (χ0v) is 23.5. The second-order valence-electron chi connectivity index (χ2n) is 10.5. The summed E-state index contributed by atoms with van der Waals surface area (Å²) in [6.07, 6.45) is 7.12. The lowest BCUT2D eigenvalue weighted by atomic mass is 9.94. The maximum absolute atomic E-state index is 14.3. The number of aromatic nitrogens is 1. The van der Waals surface area contributed by atoms with Crippen LogP contribution in [0.2, 0.25) is 0 Å². The fraction of sp³-hybridized carbons (Fsp3) is 0.303. The molecule has 8 nitrogen and oxygen atoms in total. The zero-order chi connectivity index (χ0) is 28.8. The number of H-pyrrole nitrogens is 1. The molecule has 0 spiro atoms. The lowest BCUT2D eigenvalue weighted by Gasteiger charge is -2.33. The van der Waals surface area contributed by atoms with Crippen LogP contribution in [0, 0.1) is 0 Å². The van der Waals surface area contributed by atoms with E-state index in [-0.39, 0.29) is 30.2 Å². The van der Waals surface area contributed by atoms with Gasteiger partial charge in [0.05, 0.1) is 13.5 Å². The predicted octanol–water partition coefficient (Wildman–Crippen LogP) is 5.90. The Morgan fingerprint density at radius 1 is 0.951 bits per heavy atom. The van der Waals surface area contributed by atoms with E-state index in [0.29, 0.717) is 22.7 Å². The van der Waals surface area contributed by atoms with E-state index in [2.05, 4.69) is 15.6 Å². The molecule has 3 amide bonds. The number of para-hydroxylation sites is 1. The van der Waals surface area contributed by atoms with Crippen LogP contribution in [0.1, 0.15) is 56.2 Å². The van der Waals surface area contributed by atoms with Gasteiger partial charge in [0.25, 0.3) is 0 Å². The highest BCUT2D eigenvalue weighted by molar-refractivity contribution is 6.03. The van der Waals surface area contributed by atoms with Crippen molar-refractivity contribution in [3.8, 4) is 5.75 Å². The van der Waals surface area contributed by atoms with E-state index in [4.69, 9.17) is 4.74 Å². The maximum Gasteiger partial charge on any atom is 0.248 e. The monoisotopic (exact) mass is 552 g/mol. The van der Waals surface area contributed by atoms with Gasteiger partial charge in [0.15, 0.2) is 0 Å². The number of methoxy groups -OCH3 is 1. The van der Waals surface area contributed by atoms with Crippen molar-refractivity contribution in [1.29, 1.82) is 0 Å². The second kappa shape index (κ2) is 12.7. The van der Waals surface area contributed by atoms with E-state index >= 15 is 0 Å². The van der Waals surface area contributed by atoms with Crippen molar-refractivity contribution < 1.29 is 19.1 Å². The number of nitrogens with one attached hydrogen (secondary N) is 3. The van der Waals surface area contributed by atoms with Crippen molar-refractivity contribution in [2.75, 3.05) is 17.3 Å². The summed E-state index contributed by atoms with van der Waals surface area (Å²) in [4.78, 5) is 44.8. The van der Waals surface area contributed by atoms with Gasteiger partial charge in [-0.3, -0.25) is 19.3 Å². The minimum atomic E-state index is -0.910. The molecule has 1 aromatic heterocycles. The van der Waals surface area contributed by atoms with Crippen molar-refractivity contribution in [3.63, 3.8) is 0 Å². The van der Waals surface area contributed by atoms with Gasteiger partial charge in [-0.1, -0.05) is 49.6 Å². The van der Waals surface area contributed by atoms with Crippen molar-refractivity contribution in [2.24, 2.45) is 0 Å². The largest absolute Gasteiger partial charge is 0.497 e. The first-order valence-corrected chi connectivity index (χ1v) is 14.1. The first-order valence-electron chi connectivity index (χ1n) is 14.1. The highest BCUT2D eigenvalue weighted by Crippen LogP contribution is 2.32. The fourth-order valence-corrected chi connectivity index (χ4v) is 5.60. The first kappa shape index (κ1) is 28.0. The summed E-state index contributed by atoms with van der Waals surface area (Å²) in [5.41, 5.74) is 3.65. The molecule has 41 heavy (non-hydrogen) atoms. The molecule has 3 aromatic carbocycles. The van der Waals surface area contributed by atoms with Gasteiger partial charge in [0.2, 0.25) is 17.7 Å². The second-order valence-corrected chi connectivity index (χ2v) is 10.5. The van der Waals surface area contributed by atoms with Gasteiger partial charge in [-0.2, -0.15) is 0 Å². The Balaban J connectivity index is 1.56. The number of benzene rings is 3. The number of rotatable bonds is 9. The molecule has 0 saturated heterocycles. The molecule has 1 atom stereocenters. The van der Waals surface area contributed by atoms with Crippen LogP contribution < -0.4 is 20.3 Å². The maximum atomic E-state index is 14.3. The number of ether oxygens (including phenoxy) is 1. The van der Waals surface area contributed by atoms with Crippen molar-refractivity contribution in [3.05, 3.63) is 90.1 Å². The number of anilines is 2. The third-order valence-corrected chi connectivity index (χ3v) is 7.64. The fourth-order valence-electron chi connectivity index (χ4n) is 5.60. The van der Waals surface area contributed by atoms with E-state index in [1.165, 1.54) is 13.3 Å². The molecule has 1 aliphatic rings. The van der Waals surface area contributed by atoms with Crippen molar-refractivity contribution in [2.45, 2.75) is 57.5 Å². The number of nitrogens with zero attached hydrogens (tertiary/aromatic N) is 1. The molecular formula is C33H36N4O4. The standard InChI is InChI=1S/C33H36N4O4/c1-22(38)35-26-14-16-27(17-15-26)37(31(39)20-24-21-34-30-11-7-6-10-29(24)30)32(23-12-18-28(41-2)19-13-23)33(40)36-25-8-4-3-5-9-25/h6-7,10-19,21,25,32,34H,3-5,8-9,20H2,1-2H3,(H,35,38)(H,36,40). The van der Waals surface area contributed by atoms with Crippen LogP contribution in [0.25, 0.3) is 10.9 Å². The third kappa shape index (κ3) is 6.60. The van der Waals surface area contributed by atoms with E-state index in [0.717, 1.165) is 42.1 Å². The molecule has 1 aliphatic carbocycles. The summed E-state index contributed by atoms with van der Waals surface area (Å²) < 4.78 is 5.36. The van der Waals surface area contributed by atoms with Gasteiger partial charge < -0.3 is 20.4 Å². The van der Waals surface area contributed by atoms with Crippen LogP contribution >= 0.6 is 0 Å². The minimum absolute atomic E-state index is 0.0738. The van der Waals surface area contributed by atoms with Crippen LogP contribution in [-0.2, 0) is 20.8 Å². The average molecular weight is 553 g/mol.